The van der Waals surface area contributed by atoms with Crippen molar-refractivity contribution in [2.75, 3.05) is 0 Å². The van der Waals surface area contributed by atoms with Crippen molar-refractivity contribution < 1.29 is 0 Å². The Hall–Kier alpha value is 0.530. The summed E-state index contributed by atoms with van der Waals surface area (Å²) in [5.74, 6) is 0. The second-order valence-corrected chi connectivity index (χ2v) is 9.71. The third-order valence-corrected chi connectivity index (χ3v) is 3.91. The Kier molecular flexibility index (Phi) is 3.81. The zero-order valence-electron chi connectivity index (χ0n) is 5.23. The van der Waals surface area contributed by atoms with E-state index in [4.69, 9.17) is 17.8 Å². The molecule has 0 saturated heterocycles. The summed E-state index contributed by atoms with van der Waals surface area (Å²) < 4.78 is 0.883. The van der Waals surface area contributed by atoms with Gasteiger partial charge in [-0.25, -0.2) is 0 Å². The van der Waals surface area contributed by atoms with Gasteiger partial charge in [0.15, 0.2) is 0 Å². The molecule has 0 aliphatic rings. The van der Waals surface area contributed by atoms with Gasteiger partial charge in [0.2, 0.25) is 0 Å². The third-order valence-electron chi connectivity index (χ3n) is 1.10. The number of hydrogen-bond donors (Lipinski definition) is 0. The van der Waals surface area contributed by atoms with Crippen molar-refractivity contribution in [3.63, 3.8) is 0 Å². The average Bonchev–Trinajstić information content (AvgIpc) is 1.88. The van der Waals surface area contributed by atoms with E-state index < -0.39 is 17.6 Å². The van der Waals surface area contributed by atoms with Gasteiger partial charge in [0.25, 0.3) is 0 Å². The molecule has 0 amide bonds. The van der Waals surface area contributed by atoms with Gasteiger partial charge in [0.05, 0.1) is 0 Å². The molecule has 1 rings (SSSR count). The van der Waals surface area contributed by atoms with Crippen molar-refractivity contribution in [1.82, 2.24) is 0 Å². The van der Waals surface area contributed by atoms with Crippen molar-refractivity contribution in [1.29, 1.82) is 0 Å². The molecule has 1 aromatic rings. The first-order chi connectivity index (χ1) is 4.79. The molecule has 0 heterocycles. The van der Waals surface area contributed by atoms with Crippen LogP contribution < -0.4 is 0 Å². The molecule has 0 bridgehead atoms. The van der Waals surface area contributed by atoms with Crippen molar-refractivity contribution in [2.45, 2.75) is 4.43 Å². The van der Waals surface area contributed by atoms with Gasteiger partial charge in [-0.05, 0) is 0 Å². The van der Waals surface area contributed by atoms with E-state index in [1.165, 1.54) is 5.56 Å². The van der Waals surface area contributed by atoms with Crippen molar-refractivity contribution in [2.24, 2.45) is 0 Å². The van der Waals surface area contributed by atoms with E-state index in [9.17, 15) is 0 Å². The van der Waals surface area contributed by atoms with Crippen LogP contribution in [-0.4, -0.2) is 0 Å². The molecule has 10 heavy (non-hydrogen) atoms. The fraction of sp³-hybridized carbons (Fsp3) is 0.143. The monoisotopic (exact) mass is 288 g/mol. The number of halogens is 3. The van der Waals surface area contributed by atoms with Gasteiger partial charge < -0.3 is 0 Å². The standard InChI is InChI=1S/C7H7Cl2I/c8-10(9)6-7-4-2-1-3-5-7/h1-5H,6H2. The Labute approximate surface area is 75.3 Å². The van der Waals surface area contributed by atoms with Crippen LogP contribution in [0.1, 0.15) is 5.56 Å². The zero-order valence-corrected chi connectivity index (χ0v) is 8.90. The summed E-state index contributed by atoms with van der Waals surface area (Å²) in [6.07, 6.45) is 0. The zero-order chi connectivity index (χ0) is 7.40. The molecule has 0 saturated carbocycles. The van der Waals surface area contributed by atoms with E-state index in [-0.39, 0.29) is 0 Å². The van der Waals surface area contributed by atoms with E-state index in [1.807, 2.05) is 18.2 Å². The molecule has 0 atom stereocenters. The molecular weight excluding hydrogens is 282 g/mol. The maximum atomic E-state index is 5.73. The predicted octanol–water partition coefficient (Wildman–Crippen LogP) is 4.00. The number of alkyl halides is 1. The van der Waals surface area contributed by atoms with Gasteiger partial charge >= 0.3 is 75.7 Å². The van der Waals surface area contributed by atoms with E-state index in [0.29, 0.717) is 0 Å². The van der Waals surface area contributed by atoms with Crippen LogP contribution in [0.2, 0.25) is 0 Å². The molecule has 0 spiro atoms. The van der Waals surface area contributed by atoms with Gasteiger partial charge in [0.1, 0.15) is 0 Å². The van der Waals surface area contributed by atoms with Crippen LogP contribution in [0.5, 0.6) is 0 Å². The summed E-state index contributed by atoms with van der Waals surface area (Å²) in [6, 6.07) is 10.1. The summed E-state index contributed by atoms with van der Waals surface area (Å²) >= 11 is -1.60. The van der Waals surface area contributed by atoms with E-state index >= 15 is 0 Å². The van der Waals surface area contributed by atoms with Crippen LogP contribution in [0.15, 0.2) is 30.3 Å². The summed E-state index contributed by atoms with van der Waals surface area (Å²) in [5.41, 5.74) is 1.25. The van der Waals surface area contributed by atoms with Crippen molar-refractivity contribution in [3.8, 4) is 0 Å². The first kappa shape index (κ1) is 8.62. The average molecular weight is 289 g/mol. The molecule has 0 nitrogen and oxygen atoms in total. The fourth-order valence-electron chi connectivity index (χ4n) is 0.684. The number of benzene rings is 1. The van der Waals surface area contributed by atoms with Crippen LogP contribution in [-0.2, 0) is 4.43 Å². The molecular formula is C7H7Cl2I. The molecule has 0 radical (unpaired) electrons. The van der Waals surface area contributed by atoms with Crippen LogP contribution >= 0.6 is 35.4 Å². The number of hydrogen-bond acceptors (Lipinski definition) is 0. The fourth-order valence-corrected chi connectivity index (χ4v) is 3.42. The Balaban J connectivity index is 2.59. The Morgan fingerprint density at radius 2 is 1.70 bits per heavy atom. The van der Waals surface area contributed by atoms with Gasteiger partial charge in [-0.2, -0.15) is 0 Å². The molecule has 0 aliphatic carbocycles. The first-order valence-electron chi connectivity index (χ1n) is 2.82. The van der Waals surface area contributed by atoms with Crippen LogP contribution in [0, 0.1) is 0 Å². The Morgan fingerprint density at radius 3 is 2.20 bits per heavy atom. The molecule has 0 aromatic heterocycles. The van der Waals surface area contributed by atoms with Crippen LogP contribution in [0.25, 0.3) is 0 Å². The van der Waals surface area contributed by atoms with Gasteiger partial charge in [-0.3, -0.25) is 0 Å². The summed E-state index contributed by atoms with van der Waals surface area (Å²) in [5, 5.41) is 0. The minimum atomic E-state index is -1.60. The topological polar surface area (TPSA) is 0 Å². The first-order valence-corrected chi connectivity index (χ1v) is 9.81. The van der Waals surface area contributed by atoms with Gasteiger partial charge in [0, 0.05) is 0 Å². The molecule has 0 unspecified atom stereocenters. The normalized spacial score (nSPS) is 11.2. The minimum absolute atomic E-state index is 0.883. The van der Waals surface area contributed by atoms with Crippen LogP contribution in [0.3, 0.4) is 0 Å². The van der Waals surface area contributed by atoms with Crippen molar-refractivity contribution >= 4 is 35.4 Å². The predicted molar refractivity (Wildman–Crippen MR) is 55.9 cm³/mol. The van der Waals surface area contributed by atoms with E-state index in [1.54, 1.807) is 0 Å². The SMILES string of the molecule is ClI(Cl)Cc1ccccc1. The van der Waals surface area contributed by atoms with Crippen LogP contribution in [0.4, 0.5) is 0 Å². The molecule has 0 fully saturated rings. The van der Waals surface area contributed by atoms with E-state index in [0.717, 1.165) is 4.43 Å². The molecule has 0 aliphatic heterocycles. The molecule has 56 valence electrons. The third kappa shape index (κ3) is 3.08. The number of rotatable bonds is 2. The Bertz CT molecular complexity index is 186. The molecule has 1 aromatic carbocycles. The second-order valence-electron chi connectivity index (χ2n) is 1.88. The molecule has 3 heteroatoms. The van der Waals surface area contributed by atoms with Gasteiger partial charge in [-0.1, -0.05) is 0 Å². The molecule has 0 N–H and O–H groups in total. The second kappa shape index (κ2) is 4.42. The van der Waals surface area contributed by atoms with Crippen molar-refractivity contribution in [3.05, 3.63) is 35.9 Å². The van der Waals surface area contributed by atoms with Gasteiger partial charge in [-0.15, -0.1) is 0 Å². The quantitative estimate of drug-likeness (QED) is 0.570. The summed E-state index contributed by atoms with van der Waals surface area (Å²) in [6.45, 7) is 0. The maximum absolute atomic E-state index is 5.73. The summed E-state index contributed by atoms with van der Waals surface area (Å²) in [7, 11) is 11.5. The Morgan fingerprint density at radius 1 is 1.10 bits per heavy atom. The van der Waals surface area contributed by atoms with E-state index in [2.05, 4.69) is 12.1 Å². The summed E-state index contributed by atoms with van der Waals surface area (Å²) in [4.78, 5) is 0.